The molecule has 1 aromatic heterocycles. The molecule has 0 amide bonds. The molecule has 3 aromatic rings. The Labute approximate surface area is 203 Å². The zero-order valence-electron chi connectivity index (χ0n) is 18.1. The summed E-state index contributed by atoms with van der Waals surface area (Å²) in [4.78, 5) is 24.7. The summed E-state index contributed by atoms with van der Waals surface area (Å²) in [6.45, 7) is -0.425. The Morgan fingerprint density at radius 1 is 0.919 bits per heavy atom. The highest BCUT2D eigenvalue weighted by Crippen LogP contribution is 2.36. The van der Waals surface area contributed by atoms with E-state index in [-0.39, 0.29) is 17.5 Å². The molecule has 2 aromatic carbocycles. The molecular formula is C21H16F6N2O7S. The van der Waals surface area contributed by atoms with Crippen molar-refractivity contribution in [1.29, 1.82) is 0 Å². The molecule has 0 bridgehead atoms. The fraction of sp³-hybridized carbons (Fsp3) is 0.238. The minimum atomic E-state index is -5.13. The van der Waals surface area contributed by atoms with Gasteiger partial charge >= 0.3 is 24.3 Å². The first kappa shape index (κ1) is 27.8. The monoisotopic (exact) mass is 554 g/mol. The first-order chi connectivity index (χ1) is 16.9. The quantitative estimate of drug-likeness (QED) is 0.233. The number of benzene rings is 2. The zero-order chi connectivity index (χ0) is 27.8. The molecule has 0 atom stereocenters. The molecule has 3 rings (SSSR count). The predicted octanol–water partition coefficient (Wildman–Crippen LogP) is 3.74. The van der Waals surface area contributed by atoms with Crippen LogP contribution in [0.3, 0.4) is 0 Å². The maximum atomic E-state index is 13.0. The second-order valence-corrected chi connectivity index (χ2v) is 9.52. The second kappa shape index (κ2) is 9.93. The average molecular weight is 554 g/mol. The summed E-state index contributed by atoms with van der Waals surface area (Å²) in [5.74, 6) is -4.76. The highest BCUT2D eigenvalue weighted by Gasteiger charge is 2.37. The molecule has 0 aliphatic carbocycles. The lowest BCUT2D eigenvalue weighted by atomic mass is 10.1. The summed E-state index contributed by atoms with van der Waals surface area (Å²) < 4.78 is 110. The van der Waals surface area contributed by atoms with Crippen molar-refractivity contribution < 1.29 is 59.3 Å². The van der Waals surface area contributed by atoms with Crippen molar-refractivity contribution in [1.82, 2.24) is 9.71 Å². The highest BCUT2D eigenvalue weighted by atomic mass is 32.2. The van der Waals surface area contributed by atoms with E-state index in [1.807, 2.05) is 0 Å². The molecular weight excluding hydrogens is 538 g/mol. The van der Waals surface area contributed by atoms with E-state index in [0.717, 1.165) is 0 Å². The molecule has 0 saturated carbocycles. The van der Waals surface area contributed by atoms with Crippen molar-refractivity contribution >= 4 is 32.9 Å². The summed E-state index contributed by atoms with van der Waals surface area (Å²) in [5.41, 5.74) is -3.49. The van der Waals surface area contributed by atoms with Crippen molar-refractivity contribution in [3.05, 3.63) is 64.8 Å². The number of sulfonamides is 1. The second-order valence-electron chi connectivity index (χ2n) is 7.71. The number of halogens is 6. The third-order valence-electron chi connectivity index (χ3n) is 4.84. The van der Waals surface area contributed by atoms with Crippen LogP contribution in [-0.4, -0.2) is 41.7 Å². The molecule has 1 heterocycles. The molecule has 16 heteroatoms. The maximum Gasteiger partial charge on any atom is 0.416 e. The molecule has 0 radical (unpaired) electrons. The fourth-order valence-corrected chi connectivity index (χ4v) is 4.32. The van der Waals surface area contributed by atoms with Crippen LogP contribution in [0.4, 0.5) is 26.3 Å². The topological polar surface area (TPSA) is 146 Å². The van der Waals surface area contributed by atoms with E-state index >= 15 is 0 Å². The summed E-state index contributed by atoms with van der Waals surface area (Å²) in [5, 5.41) is 18.3. The fourth-order valence-electron chi connectivity index (χ4n) is 3.24. The Morgan fingerprint density at radius 3 is 2.00 bits per heavy atom. The van der Waals surface area contributed by atoms with Gasteiger partial charge in [-0.15, -0.1) is 0 Å². The lowest BCUT2D eigenvalue weighted by molar-refractivity contribution is -0.159. The number of hydrogen-bond acceptors (Lipinski definition) is 5. The van der Waals surface area contributed by atoms with E-state index < -0.39 is 69.4 Å². The molecule has 9 nitrogen and oxygen atoms in total. The normalized spacial score (nSPS) is 12.7. The van der Waals surface area contributed by atoms with Gasteiger partial charge in [-0.05, 0) is 47.3 Å². The summed E-state index contributed by atoms with van der Waals surface area (Å²) in [6.07, 6.45) is -12.4. The van der Waals surface area contributed by atoms with E-state index in [2.05, 4.69) is 9.71 Å². The lowest BCUT2D eigenvalue weighted by Crippen LogP contribution is -2.35. The van der Waals surface area contributed by atoms with Gasteiger partial charge in [0.25, 0.3) is 6.10 Å². The zero-order valence-corrected chi connectivity index (χ0v) is 19.0. The number of carboxylic acids is 2. The largest absolute Gasteiger partial charge is 0.478 e. The Hall–Kier alpha value is -3.79. The predicted molar refractivity (Wildman–Crippen MR) is 114 cm³/mol. The van der Waals surface area contributed by atoms with E-state index in [1.165, 1.54) is 24.3 Å². The van der Waals surface area contributed by atoms with Crippen LogP contribution < -0.4 is 9.46 Å². The summed E-state index contributed by atoms with van der Waals surface area (Å²) in [7, 11) is -4.40. The van der Waals surface area contributed by atoms with Crippen molar-refractivity contribution in [3.8, 4) is 5.75 Å². The van der Waals surface area contributed by atoms with E-state index in [4.69, 9.17) is 14.9 Å². The van der Waals surface area contributed by atoms with Crippen LogP contribution in [0, 0.1) is 0 Å². The third kappa shape index (κ3) is 7.13. The maximum absolute atomic E-state index is 13.0. The molecule has 0 saturated heterocycles. The minimum absolute atomic E-state index is 0.110. The van der Waals surface area contributed by atoms with Gasteiger partial charge in [0.15, 0.2) is 0 Å². The molecule has 0 spiro atoms. The molecule has 200 valence electrons. The van der Waals surface area contributed by atoms with Crippen LogP contribution in [0.5, 0.6) is 5.75 Å². The standard InChI is InChI=1S/C21H16F6N2O7S/c22-20(23,24)12-3-10(4-13(6-12)21(25,26)27)9-37(34,35)28-8-14-5-11-1-2-15(7-16(11)29-14)36-17(18(30)31)19(32)33/h1-7,17,28-29H,8-9H2,(H,30,31)(H,32,33). The highest BCUT2D eigenvalue weighted by molar-refractivity contribution is 7.88. The van der Waals surface area contributed by atoms with Gasteiger partial charge in [-0.2, -0.15) is 26.3 Å². The van der Waals surface area contributed by atoms with E-state index in [0.29, 0.717) is 23.0 Å². The van der Waals surface area contributed by atoms with Gasteiger partial charge in [0.2, 0.25) is 10.0 Å². The molecule has 0 aliphatic heterocycles. The number of H-pyrrole nitrogens is 1. The SMILES string of the molecule is O=C(O)C(Oc1ccc2cc(CNS(=O)(=O)Cc3cc(C(F)(F)F)cc(C(F)(F)F)c3)[nH]c2c1)C(=O)O. The van der Waals surface area contributed by atoms with Crippen LogP contribution in [0.15, 0.2) is 42.5 Å². The molecule has 4 N–H and O–H groups in total. The Bertz CT molecular complexity index is 1400. The number of hydrogen-bond donors (Lipinski definition) is 4. The van der Waals surface area contributed by atoms with Gasteiger partial charge in [-0.25, -0.2) is 22.7 Å². The number of aliphatic carboxylic acids is 2. The summed E-state index contributed by atoms with van der Waals surface area (Å²) >= 11 is 0. The van der Waals surface area contributed by atoms with Gasteiger partial charge in [0, 0.05) is 17.3 Å². The number of nitrogens with one attached hydrogen (secondary N) is 2. The molecule has 0 unspecified atom stereocenters. The van der Waals surface area contributed by atoms with Crippen LogP contribution in [-0.2, 0) is 44.3 Å². The number of fused-ring (bicyclic) bond motifs is 1. The number of rotatable bonds is 9. The van der Waals surface area contributed by atoms with Gasteiger partial charge in [0.1, 0.15) is 5.75 Å². The lowest BCUT2D eigenvalue weighted by Gasteiger charge is -2.14. The smallest absolute Gasteiger partial charge is 0.416 e. The number of alkyl halides is 6. The van der Waals surface area contributed by atoms with Crippen LogP contribution >= 0.6 is 0 Å². The van der Waals surface area contributed by atoms with Gasteiger partial charge in [0.05, 0.1) is 23.4 Å². The van der Waals surface area contributed by atoms with E-state index in [1.54, 1.807) is 0 Å². The first-order valence-electron chi connectivity index (χ1n) is 9.94. The number of carbonyl (C=O) groups is 2. The first-order valence-corrected chi connectivity index (χ1v) is 11.6. The molecule has 0 fully saturated rings. The van der Waals surface area contributed by atoms with Crippen LogP contribution in [0.2, 0.25) is 0 Å². The minimum Gasteiger partial charge on any atom is -0.478 e. The number of aromatic amines is 1. The third-order valence-corrected chi connectivity index (χ3v) is 6.14. The number of carboxylic acid groups (broad SMARTS) is 2. The van der Waals surface area contributed by atoms with Gasteiger partial charge < -0.3 is 19.9 Å². The van der Waals surface area contributed by atoms with Crippen molar-refractivity contribution in [2.24, 2.45) is 0 Å². The van der Waals surface area contributed by atoms with Crippen molar-refractivity contribution in [2.45, 2.75) is 30.8 Å². The Morgan fingerprint density at radius 2 is 1.49 bits per heavy atom. The van der Waals surface area contributed by atoms with Crippen LogP contribution in [0.1, 0.15) is 22.4 Å². The molecule has 0 aliphatic rings. The van der Waals surface area contributed by atoms with Crippen molar-refractivity contribution in [2.75, 3.05) is 0 Å². The average Bonchev–Trinajstić information content (AvgIpc) is 3.16. The van der Waals surface area contributed by atoms with Crippen LogP contribution in [0.25, 0.3) is 10.9 Å². The number of ether oxygens (including phenoxy) is 1. The van der Waals surface area contributed by atoms with E-state index in [9.17, 15) is 44.3 Å². The van der Waals surface area contributed by atoms with Gasteiger partial charge in [-0.3, -0.25) is 0 Å². The Balaban J connectivity index is 1.77. The van der Waals surface area contributed by atoms with Gasteiger partial charge in [-0.1, -0.05) is 0 Å². The van der Waals surface area contributed by atoms with Crippen molar-refractivity contribution in [3.63, 3.8) is 0 Å². The Kier molecular flexibility index (Phi) is 7.46. The summed E-state index contributed by atoms with van der Waals surface area (Å²) in [6, 6.07) is 5.94. The number of aromatic nitrogens is 1. The molecule has 37 heavy (non-hydrogen) atoms.